The molecule has 0 heterocycles. The van der Waals surface area contributed by atoms with Gasteiger partial charge in [0.2, 0.25) is 5.91 Å². The molecule has 0 bridgehead atoms. The fourth-order valence-electron chi connectivity index (χ4n) is 1.73. The molecule has 4 heteroatoms. The van der Waals surface area contributed by atoms with Crippen molar-refractivity contribution < 1.29 is 9.18 Å². The molecular weight excluding hydrogens is 241 g/mol. The van der Waals surface area contributed by atoms with Crippen molar-refractivity contribution in [1.29, 1.82) is 0 Å². The normalized spacial score (nSPS) is 14.8. The Bertz CT molecular complexity index is 431. The molecule has 1 aromatic carbocycles. The molecule has 0 aliphatic heterocycles. The predicted molar refractivity (Wildman–Crippen MR) is 66.9 cm³/mol. The Hall–Kier alpha value is -1.09. The zero-order chi connectivity index (χ0) is 12.4. The number of amides is 1. The van der Waals surface area contributed by atoms with Crippen LogP contribution in [0.25, 0.3) is 0 Å². The standard InChI is InChI=1S/C13H15ClFNO/c1-9-2-5-11(6-12(9)15)16(13(17)7-14)8-10-3-4-10/h2,5-6,10H,3-4,7-8H2,1H3. The highest BCUT2D eigenvalue weighted by Crippen LogP contribution is 2.32. The maximum Gasteiger partial charge on any atom is 0.241 e. The lowest BCUT2D eigenvalue weighted by Gasteiger charge is -2.22. The second kappa shape index (κ2) is 5.05. The second-order valence-corrected chi connectivity index (χ2v) is 4.78. The molecule has 92 valence electrons. The van der Waals surface area contributed by atoms with Crippen molar-refractivity contribution in [2.75, 3.05) is 17.3 Å². The third-order valence-electron chi connectivity index (χ3n) is 3.02. The molecule has 1 amide bonds. The number of hydrogen-bond acceptors (Lipinski definition) is 1. The Morgan fingerprint density at radius 1 is 1.53 bits per heavy atom. The number of carbonyl (C=O) groups excluding carboxylic acids is 1. The first-order valence-electron chi connectivity index (χ1n) is 5.74. The van der Waals surface area contributed by atoms with E-state index in [2.05, 4.69) is 0 Å². The van der Waals surface area contributed by atoms with Crippen molar-refractivity contribution in [2.24, 2.45) is 5.92 Å². The number of nitrogens with zero attached hydrogens (tertiary/aromatic N) is 1. The quantitative estimate of drug-likeness (QED) is 0.757. The average Bonchev–Trinajstić information content (AvgIpc) is 3.13. The maximum absolute atomic E-state index is 13.5. The second-order valence-electron chi connectivity index (χ2n) is 4.51. The molecule has 0 atom stereocenters. The molecule has 17 heavy (non-hydrogen) atoms. The molecule has 1 saturated carbocycles. The van der Waals surface area contributed by atoms with Gasteiger partial charge >= 0.3 is 0 Å². The molecule has 1 aliphatic carbocycles. The number of alkyl halides is 1. The summed E-state index contributed by atoms with van der Waals surface area (Å²) in [6.45, 7) is 2.35. The van der Waals surface area contributed by atoms with Crippen molar-refractivity contribution >= 4 is 23.2 Å². The van der Waals surface area contributed by atoms with Crippen LogP contribution in [-0.4, -0.2) is 18.3 Å². The van der Waals surface area contributed by atoms with Crippen LogP contribution in [-0.2, 0) is 4.79 Å². The predicted octanol–water partition coefficient (Wildman–Crippen LogP) is 3.12. The summed E-state index contributed by atoms with van der Waals surface area (Å²) in [5.41, 5.74) is 1.18. The largest absolute Gasteiger partial charge is 0.311 e. The molecule has 0 unspecified atom stereocenters. The van der Waals surface area contributed by atoms with E-state index in [4.69, 9.17) is 11.6 Å². The number of benzene rings is 1. The number of halogens is 2. The summed E-state index contributed by atoms with van der Waals surface area (Å²) < 4.78 is 13.5. The summed E-state index contributed by atoms with van der Waals surface area (Å²) in [5, 5.41) is 0. The lowest BCUT2D eigenvalue weighted by Crippen LogP contribution is -2.33. The molecule has 2 nitrogen and oxygen atoms in total. The van der Waals surface area contributed by atoms with E-state index in [0.29, 0.717) is 23.7 Å². The molecule has 0 aromatic heterocycles. The Labute approximate surface area is 105 Å². The van der Waals surface area contributed by atoms with E-state index < -0.39 is 0 Å². The highest BCUT2D eigenvalue weighted by Gasteiger charge is 2.27. The summed E-state index contributed by atoms with van der Waals surface area (Å²) in [5.74, 6) is 0.0291. The van der Waals surface area contributed by atoms with Crippen molar-refractivity contribution in [3.05, 3.63) is 29.6 Å². The number of aryl methyl sites for hydroxylation is 1. The fraction of sp³-hybridized carbons (Fsp3) is 0.462. The van der Waals surface area contributed by atoms with Gasteiger partial charge in [-0.15, -0.1) is 11.6 Å². The van der Waals surface area contributed by atoms with Gasteiger partial charge in [-0.3, -0.25) is 4.79 Å². The maximum atomic E-state index is 13.5. The number of anilines is 1. The van der Waals surface area contributed by atoms with E-state index in [-0.39, 0.29) is 17.6 Å². The lowest BCUT2D eigenvalue weighted by atomic mass is 10.2. The first-order chi connectivity index (χ1) is 8.11. The van der Waals surface area contributed by atoms with Crippen LogP contribution in [0.1, 0.15) is 18.4 Å². The Morgan fingerprint density at radius 3 is 2.76 bits per heavy atom. The zero-order valence-electron chi connectivity index (χ0n) is 9.75. The minimum absolute atomic E-state index is 0.0672. The van der Waals surface area contributed by atoms with Gasteiger partial charge in [0.05, 0.1) is 0 Å². The van der Waals surface area contributed by atoms with Crippen molar-refractivity contribution in [3.8, 4) is 0 Å². The first kappa shape index (κ1) is 12.4. The van der Waals surface area contributed by atoms with E-state index in [1.165, 1.54) is 6.07 Å². The van der Waals surface area contributed by atoms with E-state index >= 15 is 0 Å². The van der Waals surface area contributed by atoms with Crippen LogP contribution in [0, 0.1) is 18.7 Å². The molecule has 0 N–H and O–H groups in total. The van der Waals surface area contributed by atoms with E-state index in [1.54, 1.807) is 24.0 Å². The smallest absolute Gasteiger partial charge is 0.241 e. The van der Waals surface area contributed by atoms with Gasteiger partial charge in [0.1, 0.15) is 11.7 Å². The molecule has 0 saturated heterocycles. The number of hydrogen-bond donors (Lipinski definition) is 0. The van der Waals surface area contributed by atoms with Crippen LogP contribution in [0.5, 0.6) is 0 Å². The Kier molecular flexibility index (Phi) is 3.67. The van der Waals surface area contributed by atoms with Crippen molar-refractivity contribution in [2.45, 2.75) is 19.8 Å². The minimum atomic E-state index is -0.286. The van der Waals surface area contributed by atoms with Crippen molar-refractivity contribution in [3.63, 3.8) is 0 Å². The minimum Gasteiger partial charge on any atom is -0.311 e. The third kappa shape index (κ3) is 2.97. The van der Waals surface area contributed by atoms with Gasteiger partial charge in [0.15, 0.2) is 0 Å². The van der Waals surface area contributed by atoms with Crippen LogP contribution in [0.4, 0.5) is 10.1 Å². The third-order valence-corrected chi connectivity index (χ3v) is 3.25. The Morgan fingerprint density at radius 2 is 2.24 bits per heavy atom. The molecule has 1 fully saturated rings. The SMILES string of the molecule is Cc1ccc(N(CC2CC2)C(=O)CCl)cc1F. The summed E-state index contributed by atoms with van der Waals surface area (Å²) >= 11 is 5.59. The van der Waals surface area contributed by atoms with Gasteiger partial charge in [-0.2, -0.15) is 0 Å². The Balaban J connectivity index is 2.23. The molecule has 0 spiro atoms. The van der Waals surface area contributed by atoms with Gasteiger partial charge in [0, 0.05) is 12.2 Å². The topological polar surface area (TPSA) is 20.3 Å². The summed E-state index contributed by atoms with van der Waals surface area (Å²) in [7, 11) is 0. The van der Waals surface area contributed by atoms with Gasteiger partial charge in [0.25, 0.3) is 0 Å². The highest BCUT2D eigenvalue weighted by atomic mass is 35.5. The van der Waals surface area contributed by atoms with E-state index in [0.717, 1.165) is 12.8 Å². The van der Waals surface area contributed by atoms with Crippen LogP contribution < -0.4 is 4.90 Å². The van der Waals surface area contributed by atoms with E-state index in [9.17, 15) is 9.18 Å². The molecular formula is C13H15ClFNO. The van der Waals surface area contributed by atoms with Gasteiger partial charge in [-0.05, 0) is 43.4 Å². The number of carbonyl (C=O) groups is 1. The molecule has 2 rings (SSSR count). The highest BCUT2D eigenvalue weighted by molar-refractivity contribution is 6.29. The van der Waals surface area contributed by atoms with Gasteiger partial charge < -0.3 is 4.90 Å². The van der Waals surface area contributed by atoms with Crippen LogP contribution in [0.2, 0.25) is 0 Å². The summed E-state index contributed by atoms with van der Waals surface area (Å²) in [4.78, 5) is 13.3. The summed E-state index contributed by atoms with van der Waals surface area (Å²) in [6.07, 6.45) is 2.28. The van der Waals surface area contributed by atoms with Gasteiger partial charge in [-0.25, -0.2) is 4.39 Å². The molecule has 0 radical (unpaired) electrons. The average molecular weight is 256 g/mol. The zero-order valence-corrected chi connectivity index (χ0v) is 10.5. The van der Waals surface area contributed by atoms with Crippen LogP contribution in [0.3, 0.4) is 0 Å². The number of rotatable bonds is 4. The lowest BCUT2D eigenvalue weighted by molar-refractivity contribution is -0.116. The van der Waals surface area contributed by atoms with Crippen LogP contribution in [0.15, 0.2) is 18.2 Å². The van der Waals surface area contributed by atoms with Gasteiger partial charge in [-0.1, -0.05) is 6.07 Å². The molecule has 1 aliphatic rings. The van der Waals surface area contributed by atoms with Crippen LogP contribution >= 0.6 is 11.6 Å². The monoisotopic (exact) mass is 255 g/mol. The van der Waals surface area contributed by atoms with E-state index in [1.807, 2.05) is 0 Å². The molecule has 1 aromatic rings. The van der Waals surface area contributed by atoms with Crippen molar-refractivity contribution in [1.82, 2.24) is 0 Å². The summed E-state index contributed by atoms with van der Waals surface area (Å²) in [6, 6.07) is 4.86. The first-order valence-corrected chi connectivity index (χ1v) is 6.27. The fourth-order valence-corrected chi connectivity index (χ4v) is 1.88.